The van der Waals surface area contributed by atoms with Crippen molar-refractivity contribution in [3.63, 3.8) is 0 Å². The highest BCUT2D eigenvalue weighted by molar-refractivity contribution is 8.03. The molecule has 1 amide bonds. The van der Waals surface area contributed by atoms with Crippen LogP contribution in [0.5, 0.6) is 0 Å². The fraction of sp³-hybridized carbons (Fsp3) is 0.312. The average Bonchev–Trinajstić information content (AvgIpc) is 3.06. The summed E-state index contributed by atoms with van der Waals surface area (Å²) in [5.41, 5.74) is 6.31. The first-order valence-corrected chi connectivity index (χ1v) is 8.21. The molecule has 0 spiro atoms. The number of hydrogen-bond acceptors (Lipinski definition) is 7. The predicted molar refractivity (Wildman–Crippen MR) is 88.2 cm³/mol. The lowest BCUT2D eigenvalue weighted by Gasteiger charge is -2.27. The van der Waals surface area contributed by atoms with E-state index >= 15 is 0 Å². The fourth-order valence-electron chi connectivity index (χ4n) is 2.39. The van der Waals surface area contributed by atoms with E-state index in [4.69, 9.17) is 14.9 Å². The molecule has 0 radical (unpaired) electrons. The number of rotatable bonds is 6. The van der Waals surface area contributed by atoms with E-state index in [-0.39, 0.29) is 17.9 Å². The maximum atomic E-state index is 12.4. The molecule has 2 heterocycles. The van der Waals surface area contributed by atoms with E-state index in [9.17, 15) is 14.9 Å². The lowest BCUT2D eigenvalue weighted by molar-refractivity contribution is -0.138. The third kappa shape index (κ3) is 3.63. The molecule has 3 N–H and O–H groups in total. The standard InChI is InChI=1S/C16H17N3O4S/c1-3-22-16(21)13-9(2)19-15(24-8-12(18)20)10(7-17)14(13)11-5-4-6-23-11/h4-6,14,19H,3,8H2,1-2H3,(H2,18,20)/t14-/m1/s1. The zero-order valence-corrected chi connectivity index (χ0v) is 14.1. The van der Waals surface area contributed by atoms with Gasteiger partial charge in [-0.1, -0.05) is 11.8 Å². The second-order valence-electron chi connectivity index (χ2n) is 4.94. The number of dihydropyridines is 1. The number of carbonyl (C=O) groups excluding carboxylic acids is 2. The lowest BCUT2D eigenvalue weighted by Crippen LogP contribution is -2.29. The van der Waals surface area contributed by atoms with Gasteiger partial charge in [-0.05, 0) is 26.0 Å². The molecule has 1 aromatic heterocycles. The van der Waals surface area contributed by atoms with E-state index in [1.165, 1.54) is 6.26 Å². The number of carbonyl (C=O) groups is 2. The summed E-state index contributed by atoms with van der Waals surface area (Å²) in [6.07, 6.45) is 1.47. The number of furan rings is 1. The molecule has 8 heteroatoms. The van der Waals surface area contributed by atoms with Crippen molar-refractivity contribution in [2.45, 2.75) is 19.8 Å². The Morgan fingerprint density at radius 2 is 2.29 bits per heavy atom. The van der Waals surface area contributed by atoms with Crippen LogP contribution in [-0.4, -0.2) is 24.2 Å². The van der Waals surface area contributed by atoms with E-state index in [2.05, 4.69) is 11.4 Å². The maximum absolute atomic E-state index is 12.4. The van der Waals surface area contributed by atoms with E-state index in [1.807, 2.05) is 0 Å². The maximum Gasteiger partial charge on any atom is 0.336 e. The monoisotopic (exact) mass is 347 g/mol. The zero-order chi connectivity index (χ0) is 17.7. The predicted octanol–water partition coefficient (Wildman–Crippen LogP) is 1.76. The van der Waals surface area contributed by atoms with Crippen LogP contribution in [-0.2, 0) is 14.3 Å². The molecule has 1 atom stereocenters. The molecule has 1 aliphatic heterocycles. The van der Waals surface area contributed by atoms with Gasteiger partial charge in [0.1, 0.15) is 5.76 Å². The molecule has 0 fully saturated rings. The lowest BCUT2D eigenvalue weighted by atomic mass is 9.86. The molecule has 0 aromatic carbocycles. The molecule has 126 valence electrons. The van der Waals surface area contributed by atoms with Crippen LogP contribution in [0, 0.1) is 11.3 Å². The number of esters is 1. The molecule has 24 heavy (non-hydrogen) atoms. The molecule has 0 saturated carbocycles. The number of nitrogens with one attached hydrogen (secondary N) is 1. The molecular weight excluding hydrogens is 330 g/mol. The molecule has 0 unspecified atom stereocenters. The van der Waals surface area contributed by atoms with E-state index in [1.54, 1.807) is 26.0 Å². The van der Waals surface area contributed by atoms with Crippen LogP contribution in [0.25, 0.3) is 0 Å². The normalized spacial score (nSPS) is 17.3. The highest BCUT2D eigenvalue weighted by Gasteiger charge is 2.37. The summed E-state index contributed by atoms with van der Waals surface area (Å²) in [6, 6.07) is 5.48. The summed E-state index contributed by atoms with van der Waals surface area (Å²) in [4.78, 5) is 23.4. The van der Waals surface area contributed by atoms with Gasteiger partial charge in [0.2, 0.25) is 5.91 Å². The van der Waals surface area contributed by atoms with Crippen LogP contribution in [0.4, 0.5) is 0 Å². The quantitative estimate of drug-likeness (QED) is 0.753. The van der Waals surface area contributed by atoms with Gasteiger partial charge < -0.3 is 20.2 Å². The smallest absolute Gasteiger partial charge is 0.336 e. The number of nitrogens with zero attached hydrogens (tertiary/aromatic N) is 1. The van der Waals surface area contributed by atoms with Gasteiger partial charge in [-0.3, -0.25) is 4.79 Å². The first-order valence-electron chi connectivity index (χ1n) is 7.23. The number of nitriles is 1. The Morgan fingerprint density at radius 3 is 2.83 bits per heavy atom. The first kappa shape index (κ1) is 17.7. The minimum absolute atomic E-state index is 0.0143. The molecule has 1 aromatic rings. The van der Waals surface area contributed by atoms with Crippen LogP contribution in [0.15, 0.2) is 44.7 Å². The largest absolute Gasteiger partial charge is 0.468 e. The number of allylic oxidation sites excluding steroid dienone is 2. The summed E-state index contributed by atoms with van der Waals surface area (Å²) < 4.78 is 10.5. The number of thioether (sulfide) groups is 1. The minimum Gasteiger partial charge on any atom is -0.468 e. The van der Waals surface area contributed by atoms with Gasteiger partial charge in [0, 0.05) is 5.70 Å². The Labute approximate surface area is 143 Å². The van der Waals surface area contributed by atoms with E-state index < -0.39 is 17.8 Å². The highest BCUT2D eigenvalue weighted by Crippen LogP contribution is 2.40. The van der Waals surface area contributed by atoms with Crippen molar-refractivity contribution in [1.29, 1.82) is 5.26 Å². The third-order valence-corrected chi connectivity index (χ3v) is 4.37. The summed E-state index contributed by atoms with van der Waals surface area (Å²) in [7, 11) is 0. The fourth-order valence-corrected chi connectivity index (χ4v) is 3.22. The summed E-state index contributed by atoms with van der Waals surface area (Å²) in [5, 5.41) is 13.1. The van der Waals surface area contributed by atoms with Crippen molar-refractivity contribution < 1.29 is 18.7 Å². The molecule has 0 bridgehead atoms. The van der Waals surface area contributed by atoms with Gasteiger partial charge in [0.25, 0.3) is 0 Å². The van der Waals surface area contributed by atoms with Crippen LogP contribution < -0.4 is 11.1 Å². The molecule has 2 rings (SSSR count). The van der Waals surface area contributed by atoms with Gasteiger partial charge in [0.05, 0.1) is 46.8 Å². The Morgan fingerprint density at radius 1 is 1.54 bits per heavy atom. The Bertz CT molecular complexity index is 744. The van der Waals surface area contributed by atoms with Crippen molar-refractivity contribution in [2.24, 2.45) is 5.73 Å². The van der Waals surface area contributed by atoms with Gasteiger partial charge in [0.15, 0.2) is 0 Å². The zero-order valence-electron chi connectivity index (χ0n) is 13.3. The van der Waals surface area contributed by atoms with E-state index in [0.29, 0.717) is 22.1 Å². The summed E-state index contributed by atoms with van der Waals surface area (Å²) in [5.74, 6) is -1.25. The molecule has 1 aliphatic rings. The topological polar surface area (TPSA) is 118 Å². The SMILES string of the molecule is CCOC(=O)C1=C(C)NC(SCC(N)=O)=C(C#N)[C@@H]1c1ccco1. The van der Waals surface area contributed by atoms with Crippen molar-refractivity contribution in [3.8, 4) is 6.07 Å². The minimum atomic E-state index is -0.694. The van der Waals surface area contributed by atoms with Gasteiger partial charge in [-0.25, -0.2) is 4.79 Å². The molecular formula is C16H17N3O4S. The second-order valence-corrected chi connectivity index (χ2v) is 5.93. The second kappa shape index (κ2) is 7.75. The third-order valence-electron chi connectivity index (χ3n) is 3.33. The van der Waals surface area contributed by atoms with Gasteiger partial charge in [-0.2, -0.15) is 5.26 Å². The van der Waals surface area contributed by atoms with Crippen molar-refractivity contribution in [2.75, 3.05) is 12.4 Å². The molecule has 7 nitrogen and oxygen atoms in total. The number of ether oxygens (including phenoxy) is 1. The number of primary amides is 1. The number of hydrogen-bond donors (Lipinski definition) is 2. The Hall–Kier alpha value is -2.66. The summed E-state index contributed by atoms with van der Waals surface area (Å²) >= 11 is 1.11. The van der Waals surface area contributed by atoms with E-state index in [0.717, 1.165) is 11.8 Å². The Kier molecular flexibility index (Phi) is 5.71. The van der Waals surface area contributed by atoms with Gasteiger partial charge in [-0.15, -0.1) is 0 Å². The Balaban J connectivity index is 2.51. The summed E-state index contributed by atoms with van der Waals surface area (Å²) in [6.45, 7) is 3.64. The number of amides is 1. The van der Waals surface area contributed by atoms with Crippen LogP contribution in [0.2, 0.25) is 0 Å². The van der Waals surface area contributed by atoms with Gasteiger partial charge >= 0.3 is 5.97 Å². The van der Waals surface area contributed by atoms with Crippen LogP contribution in [0.1, 0.15) is 25.5 Å². The van der Waals surface area contributed by atoms with Crippen molar-refractivity contribution in [1.82, 2.24) is 5.32 Å². The first-order chi connectivity index (χ1) is 11.5. The van der Waals surface area contributed by atoms with Crippen LogP contribution >= 0.6 is 11.8 Å². The van der Waals surface area contributed by atoms with Crippen LogP contribution in [0.3, 0.4) is 0 Å². The number of nitrogens with two attached hydrogens (primary N) is 1. The molecule has 0 aliphatic carbocycles. The highest BCUT2D eigenvalue weighted by atomic mass is 32.2. The molecule has 0 saturated heterocycles. The average molecular weight is 347 g/mol. The van der Waals surface area contributed by atoms with Crippen molar-refractivity contribution >= 4 is 23.6 Å². The van der Waals surface area contributed by atoms with Crippen molar-refractivity contribution in [3.05, 3.63) is 46.0 Å².